The fourth-order valence-corrected chi connectivity index (χ4v) is 2.17. The number of aromatic nitrogens is 1. The van der Waals surface area contributed by atoms with Crippen LogP contribution in [0.3, 0.4) is 0 Å². The SMILES string of the molecule is COc1ccc2c(cc(C(=O)Cl)n2C)c1Cl. The van der Waals surface area contributed by atoms with E-state index < -0.39 is 5.24 Å². The molecule has 1 aromatic heterocycles. The van der Waals surface area contributed by atoms with E-state index in [0.29, 0.717) is 16.5 Å². The number of carbonyl (C=O) groups is 1. The van der Waals surface area contributed by atoms with Gasteiger partial charge in [-0.3, -0.25) is 4.79 Å². The molecule has 0 aliphatic rings. The van der Waals surface area contributed by atoms with Gasteiger partial charge in [-0.05, 0) is 29.8 Å². The maximum Gasteiger partial charge on any atom is 0.268 e. The molecule has 0 bridgehead atoms. The Morgan fingerprint density at radius 1 is 1.44 bits per heavy atom. The first kappa shape index (κ1) is 11.3. The Bertz CT molecular complexity index is 575. The van der Waals surface area contributed by atoms with Gasteiger partial charge in [-0.15, -0.1) is 0 Å². The normalized spacial score (nSPS) is 10.8. The van der Waals surface area contributed by atoms with Crippen LogP contribution in [0, 0.1) is 0 Å². The summed E-state index contributed by atoms with van der Waals surface area (Å²) in [5.74, 6) is 0.577. The fraction of sp³-hybridized carbons (Fsp3) is 0.182. The molecule has 0 spiro atoms. The molecule has 1 aromatic carbocycles. The van der Waals surface area contributed by atoms with E-state index in [-0.39, 0.29) is 0 Å². The Labute approximate surface area is 103 Å². The maximum atomic E-state index is 11.2. The zero-order valence-corrected chi connectivity index (χ0v) is 10.3. The van der Waals surface area contributed by atoms with Crippen LogP contribution in [0.4, 0.5) is 0 Å². The van der Waals surface area contributed by atoms with E-state index in [9.17, 15) is 4.79 Å². The Balaban J connectivity index is 2.81. The van der Waals surface area contributed by atoms with Gasteiger partial charge in [0.1, 0.15) is 11.4 Å². The molecule has 5 heteroatoms. The summed E-state index contributed by atoms with van der Waals surface area (Å²) >= 11 is 11.6. The zero-order chi connectivity index (χ0) is 11.9. The number of ether oxygens (including phenoxy) is 1. The molecule has 0 radical (unpaired) electrons. The lowest BCUT2D eigenvalue weighted by Crippen LogP contribution is -1.98. The van der Waals surface area contributed by atoms with E-state index in [1.54, 1.807) is 30.9 Å². The van der Waals surface area contributed by atoms with E-state index in [0.717, 1.165) is 10.9 Å². The number of fused-ring (bicyclic) bond motifs is 1. The lowest BCUT2D eigenvalue weighted by atomic mass is 10.2. The van der Waals surface area contributed by atoms with Crippen molar-refractivity contribution in [3.8, 4) is 5.75 Å². The van der Waals surface area contributed by atoms with Crippen molar-refractivity contribution >= 4 is 39.3 Å². The highest BCUT2D eigenvalue weighted by molar-refractivity contribution is 6.67. The van der Waals surface area contributed by atoms with Gasteiger partial charge in [0.15, 0.2) is 0 Å². The standard InChI is InChI=1S/C11H9Cl2NO2/c1-14-7-3-4-9(16-2)10(12)6(7)5-8(14)11(13)15/h3-5H,1-2H3. The van der Waals surface area contributed by atoms with Crippen LogP contribution in [0.25, 0.3) is 10.9 Å². The summed E-state index contributed by atoms with van der Waals surface area (Å²) in [5, 5.41) is 0.737. The summed E-state index contributed by atoms with van der Waals surface area (Å²) in [6, 6.07) is 5.26. The van der Waals surface area contributed by atoms with Gasteiger partial charge >= 0.3 is 0 Å². The number of halogens is 2. The van der Waals surface area contributed by atoms with Crippen molar-refractivity contribution in [1.29, 1.82) is 0 Å². The molecule has 0 saturated heterocycles. The van der Waals surface area contributed by atoms with Gasteiger partial charge in [0.2, 0.25) is 0 Å². The van der Waals surface area contributed by atoms with E-state index in [2.05, 4.69) is 0 Å². The van der Waals surface area contributed by atoms with Crippen molar-refractivity contribution in [3.63, 3.8) is 0 Å². The Morgan fingerprint density at radius 2 is 2.12 bits per heavy atom. The Morgan fingerprint density at radius 3 is 2.69 bits per heavy atom. The van der Waals surface area contributed by atoms with Gasteiger partial charge in [-0.25, -0.2) is 0 Å². The average Bonchev–Trinajstić information content (AvgIpc) is 2.58. The molecule has 0 saturated carbocycles. The largest absolute Gasteiger partial charge is 0.495 e. The Kier molecular flexibility index (Phi) is 2.82. The van der Waals surface area contributed by atoms with E-state index in [1.165, 1.54) is 0 Å². The minimum absolute atomic E-state index is 0.409. The highest BCUT2D eigenvalue weighted by Gasteiger charge is 2.15. The van der Waals surface area contributed by atoms with Gasteiger partial charge in [-0.1, -0.05) is 11.6 Å². The first-order valence-corrected chi connectivity index (χ1v) is 5.33. The number of benzene rings is 1. The molecule has 1 heterocycles. The number of hydrogen-bond acceptors (Lipinski definition) is 2. The van der Waals surface area contributed by atoms with Crippen LogP contribution in [0.15, 0.2) is 18.2 Å². The second-order valence-corrected chi connectivity index (χ2v) is 4.10. The smallest absolute Gasteiger partial charge is 0.268 e. The van der Waals surface area contributed by atoms with Gasteiger partial charge in [0.05, 0.1) is 17.6 Å². The topological polar surface area (TPSA) is 31.2 Å². The summed E-state index contributed by atoms with van der Waals surface area (Å²) in [6.07, 6.45) is 0. The van der Waals surface area contributed by atoms with Gasteiger partial charge in [0, 0.05) is 12.4 Å². The van der Waals surface area contributed by atoms with Crippen molar-refractivity contribution in [3.05, 3.63) is 28.9 Å². The molecular weight excluding hydrogens is 249 g/mol. The summed E-state index contributed by atoms with van der Waals surface area (Å²) in [7, 11) is 3.31. The highest BCUT2D eigenvalue weighted by Crippen LogP contribution is 2.34. The van der Waals surface area contributed by atoms with Gasteiger partial charge < -0.3 is 9.30 Å². The third-order valence-electron chi connectivity index (χ3n) is 2.55. The molecule has 0 fully saturated rings. The highest BCUT2D eigenvalue weighted by atomic mass is 35.5. The molecule has 0 unspecified atom stereocenters. The number of rotatable bonds is 2. The molecule has 2 aromatic rings. The molecule has 0 N–H and O–H groups in total. The zero-order valence-electron chi connectivity index (χ0n) is 8.75. The van der Waals surface area contributed by atoms with Crippen LogP contribution in [0.2, 0.25) is 5.02 Å². The van der Waals surface area contributed by atoms with Gasteiger partial charge in [0.25, 0.3) is 5.24 Å². The Hall–Kier alpha value is -1.19. The monoisotopic (exact) mass is 257 g/mol. The van der Waals surface area contributed by atoms with E-state index in [1.807, 2.05) is 6.07 Å². The van der Waals surface area contributed by atoms with Crippen molar-refractivity contribution in [2.75, 3.05) is 7.11 Å². The quantitative estimate of drug-likeness (QED) is 0.774. The van der Waals surface area contributed by atoms with Crippen molar-refractivity contribution < 1.29 is 9.53 Å². The number of nitrogens with zero attached hydrogens (tertiary/aromatic N) is 1. The molecule has 0 aliphatic carbocycles. The molecule has 0 atom stereocenters. The van der Waals surface area contributed by atoms with Crippen molar-refractivity contribution in [2.24, 2.45) is 7.05 Å². The summed E-state index contributed by atoms with van der Waals surface area (Å²) in [5.41, 5.74) is 1.25. The minimum Gasteiger partial charge on any atom is -0.495 e. The minimum atomic E-state index is -0.506. The van der Waals surface area contributed by atoms with Crippen LogP contribution < -0.4 is 4.74 Å². The van der Waals surface area contributed by atoms with E-state index in [4.69, 9.17) is 27.9 Å². The molecule has 2 rings (SSSR count). The molecular formula is C11H9Cl2NO2. The predicted molar refractivity (Wildman–Crippen MR) is 64.7 cm³/mol. The molecule has 16 heavy (non-hydrogen) atoms. The molecule has 3 nitrogen and oxygen atoms in total. The summed E-state index contributed by atoms with van der Waals surface area (Å²) < 4.78 is 6.81. The second kappa shape index (κ2) is 4.00. The number of carbonyl (C=O) groups excluding carboxylic acids is 1. The number of aryl methyl sites for hydroxylation is 1. The predicted octanol–water partition coefficient (Wildman–Crippen LogP) is 3.22. The van der Waals surface area contributed by atoms with Crippen molar-refractivity contribution in [2.45, 2.75) is 0 Å². The lowest BCUT2D eigenvalue weighted by Gasteiger charge is -2.04. The molecule has 0 amide bonds. The fourth-order valence-electron chi connectivity index (χ4n) is 1.70. The van der Waals surface area contributed by atoms with Crippen LogP contribution >= 0.6 is 23.2 Å². The second-order valence-electron chi connectivity index (χ2n) is 3.38. The van der Waals surface area contributed by atoms with Crippen molar-refractivity contribution in [1.82, 2.24) is 4.57 Å². The lowest BCUT2D eigenvalue weighted by molar-refractivity contribution is 0.107. The number of methoxy groups -OCH3 is 1. The molecule has 0 aliphatic heterocycles. The first-order chi connectivity index (χ1) is 7.56. The van der Waals surface area contributed by atoms with Gasteiger partial charge in [-0.2, -0.15) is 0 Å². The van der Waals surface area contributed by atoms with Crippen LogP contribution in [0.1, 0.15) is 10.5 Å². The van der Waals surface area contributed by atoms with Crippen LogP contribution in [-0.2, 0) is 7.05 Å². The first-order valence-electron chi connectivity index (χ1n) is 4.58. The molecule has 84 valence electrons. The van der Waals surface area contributed by atoms with Crippen LogP contribution in [0.5, 0.6) is 5.75 Å². The third kappa shape index (κ3) is 1.56. The van der Waals surface area contributed by atoms with E-state index >= 15 is 0 Å². The van der Waals surface area contributed by atoms with Crippen LogP contribution in [-0.4, -0.2) is 16.9 Å². The maximum absolute atomic E-state index is 11.2. The summed E-state index contributed by atoms with van der Waals surface area (Å²) in [4.78, 5) is 11.2. The third-order valence-corrected chi connectivity index (χ3v) is 3.13. The number of hydrogen-bond donors (Lipinski definition) is 0. The summed E-state index contributed by atoms with van der Waals surface area (Å²) in [6.45, 7) is 0. The average molecular weight is 258 g/mol.